The molecule has 23 heavy (non-hydrogen) atoms. The van der Waals surface area contributed by atoms with Crippen LogP contribution in [0.4, 0.5) is 0 Å². The minimum Gasteiger partial charge on any atom is -0.382 e. The van der Waals surface area contributed by atoms with Gasteiger partial charge in [-0.15, -0.1) is 0 Å². The number of likely N-dealkylation sites (N-methyl/N-ethyl adjacent to an activating group) is 1. The van der Waals surface area contributed by atoms with Crippen LogP contribution in [0.1, 0.15) is 19.0 Å². The Morgan fingerprint density at radius 1 is 1.43 bits per heavy atom. The van der Waals surface area contributed by atoms with Crippen molar-refractivity contribution in [1.29, 1.82) is 0 Å². The van der Waals surface area contributed by atoms with Crippen molar-refractivity contribution < 1.29 is 9.53 Å². The second-order valence-corrected chi connectivity index (χ2v) is 5.23. The van der Waals surface area contributed by atoms with Gasteiger partial charge in [-0.1, -0.05) is 0 Å². The molecule has 8 heteroatoms. The first-order valence-corrected chi connectivity index (χ1v) is 7.81. The summed E-state index contributed by atoms with van der Waals surface area (Å²) in [5, 5.41) is 10.4. The Kier molecular flexibility index (Phi) is 8.74. The van der Waals surface area contributed by atoms with Gasteiger partial charge in [0.05, 0.1) is 18.8 Å². The summed E-state index contributed by atoms with van der Waals surface area (Å²) in [5.74, 6) is 0.604. The van der Waals surface area contributed by atoms with E-state index in [4.69, 9.17) is 4.74 Å². The molecule has 0 aliphatic heterocycles. The number of carbonyl (C=O) groups is 1. The summed E-state index contributed by atoms with van der Waals surface area (Å²) in [5.41, 5.74) is 0.999. The third-order valence-corrected chi connectivity index (χ3v) is 3.19. The molecule has 8 nitrogen and oxygen atoms in total. The molecule has 0 bridgehead atoms. The van der Waals surface area contributed by atoms with Crippen LogP contribution in [0.25, 0.3) is 0 Å². The smallest absolute Gasteiger partial charge is 0.241 e. The first kappa shape index (κ1) is 19.0. The highest BCUT2D eigenvalue weighted by molar-refractivity contribution is 5.86. The molecule has 2 N–H and O–H groups in total. The van der Waals surface area contributed by atoms with Gasteiger partial charge in [-0.05, 0) is 19.4 Å². The van der Waals surface area contributed by atoms with Gasteiger partial charge in [0, 0.05) is 47.1 Å². The van der Waals surface area contributed by atoms with Gasteiger partial charge in [0.1, 0.15) is 0 Å². The number of aryl methyl sites for hydroxylation is 1. The molecule has 0 saturated carbocycles. The van der Waals surface area contributed by atoms with E-state index >= 15 is 0 Å². The zero-order valence-corrected chi connectivity index (χ0v) is 14.5. The highest BCUT2D eigenvalue weighted by Gasteiger charge is 2.06. The molecular weight excluding hydrogens is 296 g/mol. The van der Waals surface area contributed by atoms with E-state index in [9.17, 15) is 4.79 Å². The fourth-order valence-electron chi connectivity index (χ4n) is 1.73. The van der Waals surface area contributed by atoms with Gasteiger partial charge in [0.15, 0.2) is 5.96 Å². The number of ether oxygens (including phenoxy) is 1. The number of nitrogens with zero attached hydrogens (tertiary/aromatic N) is 4. The van der Waals surface area contributed by atoms with Crippen molar-refractivity contribution in [1.82, 2.24) is 25.3 Å². The maximum absolute atomic E-state index is 11.7. The molecule has 1 rings (SSSR count). The molecule has 1 aromatic rings. The van der Waals surface area contributed by atoms with Gasteiger partial charge in [0.25, 0.3) is 0 Å². The van der Waals surface area contributed by atoms with Gasteiger partial charge < -0.3 is 20.3 Å². The van der Waals surface area contributed by atoms with Crippen LogP contribution >= 0.6 is 0 Å². The molecule has 130 valence electrons. The lowest BCUT2D eigenvalue weighted by atomic mass is 10.4. The van der Waals surface area contributed by atoms with E-state index in [2.05, 4.69) is 20.7 Å². The number of hydrogen-bond donors (Lipinski definition) is 2. The number of amides is 1. The van der Waals surface area contributed by atoms with Gasteiger partial charge in [-0.2, -0.15) is 5.10 Å². The lowest BCUT2D eigenvalue weighted by Gasteiger charge is -2.15. The molecule has 1 amide bonds. The molecule has 0 fully saturated rings. The fraction of sp³-hybridized carbons (Fsp3) is 0.667. The second kappa shape index (κ2) is 10.6. The predicted molar refractivity (Wildman–Crippen MR) is 90.2 cm³/mol. The van der Waals surface area contributed by atoms with Crippen LogP contribution in [0.5, 0.6) is 0 Å². The summed E-state index contributed by atoms with van der Waals surface area (Å²) < 4.78 is 7.09. The summed E-state index contributed by atoms with van der Waals surface area (Å²) in [6.07, 6.45) is 2.62. The molecule has 1 aromatic heterocycles. The Hall–Kier alpha value is -2.09. The molecule has 0 unspecified atom stereocenters. The van der Waals surface area contributed by atoms with Crippen LogP contribution in [0.15, 0.2) is 17.3 Å². The standard InChI is InChI=1S/C15H28N6O2/c1-5-23-10-6-8-16-15(18-12-14(22)20(2)3)17-11-13-7-9-19-21(13)4/h7,9H,5-6,8,10-12H2,1-4H3,(H2,16,17,18). The minimum absolute atomic E-state index is 0.00523. The number of hydrogen-bond acceptors (Lipinski definition) is 4. The maximum atomic E-state index is 11.7. The maximum Gasteiger partial charge on any atom is 0.241 e. The number of guanidine groups is 1. The van der Waals surface area contributed by atoms with Gasteiger partial charge >= 0.3 is 0 Å². The third-order valence-electron chi connectivity index (χ3n) is 3.19. The first-order chi connectivity index (χ1) is 11.0. The average molecular weight is 324 g/mol. The van der Waals surface area contributed by atoms with E-state index in [-0.39, 0.29) is 12.5 Å². The summed E-state index contributed by atoms with van der Waals surface area (Å²) in [4.78, 5) is 17.7. The number of rotatable bonds is 9. The van der Waals surface area contributed by atoms with E-state index in [1.807, 2.05) is 20.0 Å². The zero-order chi connectivity index (χ0) is 17.1. The number of nitrogens with one attached hydrogen (secondary N) is 2. The molecule has 0 radical (unpaired) electrons. The SMILES string of the molecule is CCOCCCNC(=NCc1ccnn1C)NCC(=O)N(C)C. The Bertz CT molecular complexity index is 498. The summed E-state index contributed by atoms with van der Waals surface area (Å²) in [6.45, 7) is 4.82. The van der Waals surface area contributed by atoms with E-state index in [0.717, 1.165) is 25.3 Å². The van der Waals surface area contributed by atoms with Crippen molar-refractivity contribution in [2.75, 3.05) is 40.4 Å². The molecule has 0 saturated heterocycles. The van der Waals surface area contributed by atoms with Crippen LogP contribution in [0, 0.1) is 0 Å². The van der Waals surface area contributed by atoms with E-state index in [0.29, 0.717) is 19.1 Å². The van der Waals surface area contributed by atoms with Crippen molar-refractivity contribution in [3.05, 3.63) is 18.0 Å². The van der Waals surface area contributed by atoms with Crippen LogP contribution in [-0.2, 0) is 23.1 Å². The summed E-state index contributed by atoms with van der Waals surface area (Å²) in [7, 11) is 5.33. The average Bonchev–Trinajstić information content (AvgIpc) is 2.93. The zero-order valence-electron chi connectivity index (χ0n) is 14.5. The van der Waals surface area contributed by atoms with Crippen LogP contribution < -0.4 is 10.6 Å². The molecular formula is C15H28N6O2. The van der Waals surface area contributed by atoms with Crippen molar-refractivity contribution in [2.24, 2.45) is 12.0 Å². The monoisotopic (exact) mass is 324 g/mol. The van der Waals surface area contributed by atoms with Gasteiger partial charge in [0.2, 0.25) is 5.91 Å². The lowest BCUT2D eigenvalue weighted by molar-refractivity contribution is -0.127. The van der Waals surface area contributed by atoms with Crippen LogP contribution in [0.2, 0.25) is 0 Å². The van der Waals surface area contributed by atoms with Gasteiger partial charge in [-0.3, -0.25) is 9.48 Å². The predicted octanol–water partition coefficient (Wildman–Crippen LogP) is -0.0299. The third kappa shape index (κ3) is 7.64. The number of aromatic nitrogens is 2. The fourth-order valence-corrected chi connectivity index (χ4v) is 1.73. The Balaban J connectivity index is 2.52. The van der Waals surface area contributed by atoms with E-state index < -0.39 is 0 Å². The largest absolute Gasteiger partial charge is 0.382 e. The lowest BCUT2D eigenvalue weighted by Crippen LogP contribution is -2.43. The highest BCUT2D eigenvalue weighted by Crippen LogP contribution is 1.98. The highest BCUT2D eigenvalue weighted by atomic mass is 16.5. The molecule has 0 spiro atoms. The van der Waals surface area contributed by atoms with E-state index in [1.54, 1.807) is 29.9 Å². The molecule has 0 aliphatic carbocycles. The topological polar surface area (TPSA) is 83.8 Å². The van der Waals surface area contributed by atoms with Crippen LogP contribution in [-0.4, -0.2) is 66.9 Å². The van der Waals surface area contributed by atoms with Crippen molar-refractivity contribution in [2.45, 2.75) is 19.9 Å². The first-order valence-electron chi connectivity index (χ1n) is 7.81. The summed E-state index contributed by atoms with van der Waals surface area (Å²) >= 11 is 0. The van der Waals surface area contributed by atoms with Crippen molar-refractivity contribution in [3.8, 4) is 0 Å². The minimum atomic E-state index is -0.00523. The molecule has 0 atom stereocenters. The molecule has 1 heterocycles. The Morgan fingerprint density at radius 2 is 2.22 bits per heavy atom. The van der Waals surface area contributed by atoms with Crippen molar-refractivity contribution >= 4 is 11.9 Å². The Morgan fingerprint density at radius 3 is 2.83 bits per heavy atom. The molecule has 0 aromatic carbocycles. The number of carbonyl (C=O) groups excluding carboxylic acids is 1. The quantitative estimate of drug-likeness (QED) is 0.379. The molecule has 0 aliphatic rings. The summed E-state index contributed by atoms with van der Waals surface area (Å²) in [6, 6.07) is 1.92. The van der Waals surface area contributed by atoms with Crippen LogP contribution in [0.3, 0.4) is 0 Å². The van der Waals surface area contributed by atoms with E-state index in [1.165, 1.54) is 0 Å². The normalized spacial score (nSPS) is 11.4. The second-order valence-electron chi connectivity index (χ2n) is 5.23. The van der Waals surface area contributed by atoms with Gasteiger partial charge in [-0.25, -0.2) is 4.99 Å². The number of aliphatic imine (C=N–C) groups is 1. The van der Waals surface area contributed by atoms with Crippen molar-refractivity contribution in [3.63, 3.8) is 0 Å². The Labute approximate surface area is 137 Å².